The van der Waals surface area contributed by atoms with Gasteiger partial charge in [0.15, 0.2) is 0 Å². The highest BCUT2D eigenvalue weighted by atomic mass is 35.5. The second-order valence-electron chi connectivity index (χ2n) is 5.80. The zero-order valence-electron chi connectivity index (χ0n) is 13.7. The zero-order chi connectivity index (χ0) is 18.9. The number of nitrogens with zero attached hydrogens (tertiary/aromatic N) is 2. The molecule has 0 aliphatic carbocycles. The molecule has 0 unspecified atom stereocenters. The molecule has 1 heterocycles. The predicted octanol–water partition coefficient (Wildman–Crippen LogP) is 3.47. The molecule has 2 aromatic carbocycles. The fourth-order valence-corrected chi connectivity index (χ4v) is 2.73. The van der Waals surface area contributed by atoms with Gasteiger partial charge in [0.05, 0.1) is 22.3 Å². The Morgan fingerprint density at radius 1 is 1.19 bits per heavy atom. The number of nitrogens with one attached hydrogen (secondary N) is 1. The van der Waals surface area contributed by atoms with Gasteiger partial charge >= 0.3 is 5.92 Å². The number of carbonyl (C=O) groups is 1. The Kier molecular flexibility index (Phi) is 4.73. The molecular formula is C18H14ClF2N3O2. The Labute approximate surface area is 152 Å². The third kappa shape index (κ3) is 3.57. The number of rotatable bonds is 4. The number of fused-ring (bicyclic) bond motifs is 1. The van der Waals surface area contributed by atoms with Gasteiger partial charge in [-0.05, 0) is 17.7 Å². The van der Waals surface area contributed by atoms with Crippen molar-refractivity contribution < 1.29 is 13.6 Å². The quantitative estimate of drug-likeness (QED) is 0.757. The van der Waals surface area contributed by atoms with E-state index < -0.39 is 23.2 Å². The average Bonchev–Trinajstić information content (AvgIpc) is 2.57. The molecule has 134 valence electrons. The van der Waals surface area contributed by atoms with E-state index in [0.717, 1.165) is 0 Å². The number of aromatic nitrogens is 2. The van der Waals surface area contributed by atoms with E-state index in [9.17, 15) is 18.4 Å². The van der Waals surface area contributed by atoms with Gasteiger partial charge in [-0.15, -0.1) is 0 Å². The predicted molar refractivity (Wildman–Crippen MR) is 95.1 cm³/mol. The third-order valence-electron chi connectivity index (χ3n) is 3.69. The SMILES string of the molecule is CC(F)(F)c1nc2c(Cl)cccc2c(=O)n1NC(=O)Cc1ccccc1. The van der Waals surface area contributed by atoms with Crippen LogP contribution < -0.4 is 11.0 Å². The van der Waals surface area contributed by atoms with Gasteiger partial charge in [0.1, 0.15) is 0 Å². The van der Waals surface area contributed by atoms with Crippen molar-refractivity contribution in [3.8, 4) is 0 Å². The van der Waals surface area contributed by atoms with E-state index >= 15 is 0 Å². The Morgan fingerprint density at radius 2 is 1.88 bits per heavy atom. The third-order valence-corrected chi connectivity index (χ3v) is 3.99. The monoisotopic (exact) mass is 377 g/mol. The highest BCUT2D eigenvalue weighted by Gasteiger charge is 2.32. The number of halogens is 3. The van der Waals surface area contributed by atoms with E-state index in [1.54, 1.807) is 30.3 Å². The molecule has 1 N–H and O–H groups in total. The van der Waals surface area contributed by atoms with Crippen molar-refractivity contribution in [2.24, 2.45) is 0 Å². The summed E-state index contributed by atoms with van der Waals surface area (Å²) in [6.07, 6.45) is -0.0738. The standard InChI is InChI=1S/C18H14ClF2N3O2/c1-18(20,21)17-22-15-12(8-5-9-13(15)19)16(26)24(17)23-14(25)10-11-6-3-2-4-7-11/h2-9H,10H2,1H3,(H,23,25). The van der Waals surface area contributed by atoms with Crippen LogP contribution in [-0.4, -0.2) is 15.6 Å². The average molecular weight is 378 g/mol. The van der Waals surface area contributed by atoms with Gasteiger partial charge in [0.2, 0.25) is 11.7 Å². The molecule has 26 heavy (non-hydrogen) atoms. The molecule has 0 atom stereocenters. The number of alkyl halides is 2. The zero-order valence-corrected chi connectivity index (χ0v) is 14.4. The molecule has 0 bridgehead atoms. The molecule has 1 aromatic heterocycles. The molecule has 0 aliphatic rings. The minimum atomic E-state index is -3.47. The van der Waals surface area contributed by atoms with Crippen molar-refractivity contribution in [2.75, 3.05) is 5.43 Å². The van der Waals surface area contributed by atoms with Crippen LogP contribution in [0.4, 0.5) is 8.78 Å². The van der Waals surface area contributed by atoms with E-state index in [1.165, 1.54) is 18.2 Å². The van der Waals surface area contributed by atoms with Crippen LogP contribution in [0.2, 0.25) is 5.02 Å². The summed E-state index contributed by atoms with van der Waals surface area (Å²) in [5.74, 6) is -4.97. The number of carbonyl (C=O) groups excluding carboxylic acids is 1. The highest BCUT2D eigenvalue weighted by molar-refractivity contribution is 6.34. The Hall–Kier alpha value is -2.80. The lowest BCUT2D eigenvalue weighted by Gasteiger charge is -2.18. The first-order valence-electron chi connectivity index (χ1n) is 7.71. The molecule has 0 saturated carbocycles. The molecular weight excluding hydrogens is 364 g/mol. The molecule has 0 spiro atoms. The van der Waals surface area contributed by atoms with Crippen LogP contribution >= 0.6 is 11.6 Å². The maximum atomic E-state index is 14.0. The molecule has 5 nitrogen and oxygen atoms in total. The summed E-state index contributed by atoms with van der Waals surface area (Å²) < 4.78 is 28.5. The van der Waals surface area contributed by atoms with Gasteiger partial charge in [-0.25, -0.2) is 4.98 Å². The fourth-order valence-electron chi connectivity index (χ4n) is 2.52. The smallest absolute Gasteiger partial charge is 0.273 e. The van der Waals surface area contributed by atoms with Gasteiger partial charge in [-0.2, -0.15) is 13.5 Å². The second kappa shape index (κ2) is 6.84. The van der Waals surface area contributed by atoms with E-state index in [2.05, 4.69) is 10.4 Å². The fraction of sp³-hybridized carbons (Fsp3) is 0.167. The summed E-state index contributed by atoms with van der Waals surface area (Å²) in [6, 6.07) is 13.1. The molecule has 8 heteroatoms. The van der Waals surface area contributed by atoms with Crippen LogP contribution in [0.1, 0.15) is 18.3 Å². The van der Waals surface area contributed by atoms with Crippen molar-refractivity contribution in [2.45, 2.75) is 19.3 Å². The first kappa shape index (κ1) is 18.0. The summed E-state index contributed by atoms with van der Waals surface area (Å²) in [6.45, 7) is 0.595. The number of amides is 1. The lowest BCUT2D eigenvalue weighted by molar-refractivity contribution is -0.116. The minimum Gasteiger partial charge on any atom is -0.273 e. The number of hydrogen-bond acceptors (Lipinski definition) is 3. The van der Waals surface area contributed by atoms with E-state index in [-0.39, 0.29) is 22.3 Å². The lowest BCUT2D eigenvalue weighted by Crippen LogP contribution is -2.39. The van der Waals surface area contributed by atoms with Crippen LogP contribution in [-0.2, 0) is 17.1 Å². The van der Waals surface area contributed by atoms with Gasteiger partial charge in [0, 0.05) is 6.92 Å². The van der Waals surface area contributed by atoms with Crippen LogP contribution in [0.5, 0.6) is 0 Å². The second-order valence-corrected chi connectivity index (χ2v) is 6.20. The first-order valence-corrected chi connectivity index (χ1v) is 8.08. The summed E-state index contributed by atoms with van der Waals surface area (Å²) in [5, 5.41) is 0.110. The number of hydrogen-bond donors (Lipinski definition) is 1. The van der Waals surface area contributed by atoms with Crippen molar-refractivity contribution in [1.82, 2.24) is 9.66 Å². The largest absolute Gasteiger partial charge is 0.303 e. The van der Waals surface area contributed by atoms with Gasteiger partial charge < -0.3 is 0 Å². The minimum absolute atomic E-state index is 0.0329. The highest BCUT2D eigenvalue weighted by Crippen LogP contribution is 2.27. The maximum absolute atomic E-state index is 14.0. The normalized spacial score (nSPS) is 11.5. The molecule has 3 aromatic rings. The van der Waals surface area contributed by atoms with Crippen molar-refractivity contribution in [3.05, 3.63) is 75.3 Å². The topological polar surface area (TPSA) is 64.0 Å². The Morgan fingerprint density at radius 3 is 2.54 bits per heavy atom. The Bertz CT molecular complexity index is 1030. The molecule has 0 fully saturated rings. The number of para-hydroxylation sites is 1. The van der Waals surface area contributed by atoms with Crippen LogP contribution in [0, 0.1) is 0 Å². The van der Waals surface area contributed by atoms with Gasteiger partial charge in [0.25, 0.3) is 5.56 Å². The Balaban J connectivity index is 2.08. The number of benzene rings is 2. The summed E-state index contributed by atoms with van der Waals surface area (Å²) in [7, 11) is 0. The van der Waals surface area contributed by atoms with Crippen LogP contribution in [0.25, 0.3) is 10.9 Å². The molecule has 0 saturated heterocycles. The van der Waals surface area contributed by atoms with Crippen LogP contribution in [0.15, 0.2) is 53.3 Å². The summed E-state index contributed by atoms with van der Waals surface area (Å²) in [4.78, 5) is 28.7. The molecule has 3 rings (SSSR count). The van der Waals surface area contributed by atoms with Crippen molar-refractivity contribution in [1.29, 1.82) is 0 Å². The van der Waals surface area contributed by atoms with Gasteiger partial charge in [-0.1, -0.05) is 48.0 Å². The van der Waals surface area contributed by atoms with Crippen molar-refractivity contribution in [3.63, 3.8) is 0 Å². The van der Waals surface area contributed by atoms with Crippen LogP contribution in [0.3, 0.4) is 0 Å². The summed E-state index contributed by atoms with van der Waals surface area (Å²) in [5.41, 5.74) is 2.04. The maximum Gasteiger partial charge on any atom is 0.303 e. The summed E-state index contributed by atoms with van der Waals surface area (Å²) >= 11 is 5.97. The first-order chi connectivity index (χ1) is 12.3. The van der Waals surface area contributed by atoms with E-state index in [4.69, 9.17) is 11.6 Å². The van der Waals surface area contributed by atoms with E-state index in [0.29, 0.717) is 17.2 Å². The van der Waals surface area contributed by atoms with Gasteiger partial charge in [-0.3, -0.25) is 15.0 Å². The molecule has 1 amide bonds. The lowest BCUT2D eigenvalue weighted by atomic mass is 10.1. The molecule has 0 radical (unpaired) electrons. The van der Waals surface area contributed by atoms with E-state index in [1.807, 2.05) is 0 Å². The molecule has 0 aliphatic heterocycles. The van der Waals surface area contributed by atoms with Crippen molar-refractivity contribution >= 4 is 28.4 Å².